The second-order valence-electron chi connectivity index (χ2n) is 4.89. The summed E-state index contributed by atoms with van der Waals surface area (Å²) in [6, 6.07) is 8.80. The number of aromatic nitrogens is 2. The van der Waals surface area contributed by atoms with Crippen LogP contribution < -0.4 is 10.1 Å². The molecule has 2 N–H and O–H groups in total. The second kappa shape index (κ2) is 6.48. The quantitative estimate of drug-likeness (QED) is 0.752. The Morgan fingerprint density at radius 1 is 1.30 bits per heavy atom. The third-order valence-corrected chi connectivity index (χ3v) is 4.01. The summed E-state index contributed by atoms with van der Waals surface area (Å²) in [6.07, 6.45) is 1.62. The van der Waals surface area contributed by atoms with Crippen LogP contribution in [0, 0.1) is 0 Å². The molecule has 23 heavy (non-hydrogen) atoms. The second-order valence-corrected chi connectivity index (χ2v) is 5.71. The number of hydrogen-bond acceptors (Lipinski definition) is 3. The Morgan fingerprint density at radius 2 is 2.13 bits per heavy atom. The molecule has 0 spiro atoms. The van der Waals surface area contributed by atoms with E-state index in [0.29, 0.717) is 28.2 Å². The van der Waals surface area contributed by atoms with Crippen molar-refractivity contribution in [1.29, 1.82) is 0 Å². The van der Waals surface area contributed by atoms with Gasteiger partial charge in [0.05, 0.1) is 12.1 Å². The van der Waals surface area contributed by atoms with Crippen LogP contribution >= 0.6 is 23.2 Å². The topological polar surface area (TPSA) is 67.0 Å². The lowest BCUT2D eigenvalue weighted by Crippen LogP contribution is -2.23. The molecule has 7 heteroatoms. The largest absolute Gasteiger partial charge is 0.481 e. The van der Waals surface area contributed by atoms with Crippen LogP contribution in [0.4, 0.5) is 0 Å². The summed E-state index contributed by atoms with van der Waals surface area (Å²) in [4.78, 5) is 19.4. The molecule has 0 aliphatic heterocycles. The van der Waals surface area contributed by atoms with Crippen LogP contribution in [0.25, 0.3) is 10.9 Å². The Morgan fingerprint density at radius 3 is 2.91 bits per heavy atom. The van der Waals surface area contributed by atoms with Crippen molar-refractivity contribution in [3.63, 3.8) is 0 Å². The van der Waals surface area contributed by atoms with Gasteiger partial charge in [-0.2, -0.15) is 0 Å². The zero-order chi connectivity index (χ0) is 16.4. The van der Waals surface area contributed by atoms with Crippen LogP contribution in [0.5, 0.6) is 5.88 Å². The molecule has 0 atom stereocenters. The van der Waals surface area contributed by atoms with Crippen LogP contribution in [-0.4, -0.2) is 23.0 Å². The average Bonchev–Trinajstić information content (AvgIpc) is 2.89. The molecule has 0 bridgehead atoms. The normalized spacial score (nSPS) is 10.7. The molecule has 0 saturated heterocycles. The number of fused-ring (bicyclic) bond motifs is 1. The van der Waals surface area contributed by atoms with Crippen molar-refractivity contribution in [2.24, 2.45) is 0 Å². The van der Waals surface area contributed by atoms with Gasteiger partial charge < -0.3 is 15.0 Å². The number of amides is 1. The van der Waals surface area contributed by atoms with Crippen LogP contribution in [0.15, 0.2) is 36.5 Å². The number of pyridine rings is 1. The van der Waals surface area contributed by atoms with E-state index in [2.05, 4.69) is 15.3 Å². The first kappa shape index (κ1) is 15.6. The minimum Gasteiger partial charge on any atom is -0.481 e. The molecule has 0 fully saturated rings. The minimum atomic E-state index is -0.293. The van der Waals surface area contributed by atoms with Gasteiger partial charge in [0.2, 0.25) is 5.88 Å². The highest BCUT2D eigenvalue weighted by Gasteiger charge is 2.16. The van der Waals surface area contributed by atoms with E-state index in [4.69, 9.17) is 27.9 Å². The highest BCUT2D eigenvalue weighted by Crippen LogP contribution is 2.29. The van der Waals surface area contributed by atoms with Gasteiger partial charge in [-0.25, -0.2) is 4.98 Å². The van der Waals surface area contributed by atoms with E-state index in [1.807, 2.05) is 0 Å². The predicted octanol–water partition coefficient (Wildman–Crippen LogP) is 3.81. The van der Waals surface area contributed by atoms with Gasteiger partial charge in [-0.05, 0) is 29.8 Å². The highest BCUT2D eigenvalue weighted by molar-refractivity contribution is 6.39. The SMILES string of the molecule is COc1cc(CNC(=O)c2[nH]c3ccc(Cl)cc3c2Cl)ccn1. The number of nitrogens with zero attached hydrogens (tertiary/aromatic N) is 1. The summed E-state index contributed by atoms with van der Waals surface area (Å²) in [7, 11) is 1.54. The van der Waals surface area contributed by atoms with Crippen molar-refractivity contribution in [3.8, 4) is 5.88 Å². The summed E-state index contributed by atoms with van der Waals surface area (Å²) >= 11 is 12.2. The number of carbonyl (C=O) groups is 1. The molecular weight excluding hydrogens is 337 g/mol. The number of methoxy groups -OCH3 is 1. The van der Waals surface area contributed by atoms with Gasteiger partial charge in [-0.3, -0.25) is 4.79 Å². The van der Waals surface area contributed by atoms with Crippen molar-refractivity contribution in [2.45, 2.75) is 6.54 Å². The molecular formula is C16H13Cl2N3O2. The molecule has 0 aliphatic rings. The Bertz CT molecular complexity index is 877. The first-order chi connectivity index (χ1) is 11.1. The fourth-order valence-corrected chi connectivity index (χ4v) is 2.69. The maximum atomic E-state index is 12.3. The van der Waals surface area contributed by atoms with Crippen molar-refractivity contribution in [1.82, 2.24) is 15.3 Å². The molecule has 0 saturated carbocycles. The number of aromatic amines is 1. The van der Waals surface area contributed by atoms with Gasteiger partial charge in [0.1, 0.15) is 5.69 Å². The van der Waals surface area contributed by atoms with E-state index in [0.717, 1.165) is 16.5 Å². The first-order valence-corrected chi connectivity index (χ1v) is 7.58. The zero-order valence-corrected chi connectivity index (χ0v) is 13.7. The number of nitrogens with one attached hydrogen (secondary N) is 2. The number of halogens is 2. The van der Waals surface area contributed by atoms with Gasteiger partial charge >= 0.3 is 0 Å². The number of rotatable bonds is 4. The van der Waals surface area contributed by atoms with Crippen LogP contribution in [-0.2, 0) is 6.54 Å². The summed E-state index contributed by atoms with van der Waals surface area (Å²) < 4.78 is 5.05. The Hall–Kier alpha value is -2.24. The van der Waals surface area contributed by atoms with Crippen molar-refractivity contribution < 1.29 is 9.53 Å². The standard InChI is InChI=1S/C16H13Cl2N3O2/c1-23-13-6-9(4-5-19-13)8-20-16(22)15-14(18)11-7-10(17)2-3-12(11)21-15/h2-7,21H,8H2,1H3,(H,20,22). The summed E-state index contributed by atoms with van der Waals surface area (Å²) in [6.45, 7) is 0.337. The number of carbonyl (C=O) groups excluding carboxylic acids is 1. The van der Waals surface area contributed by atoms with Gasteiger partial charge in [-0.1, -0.05) is 23.2 Å². The molecule has 0 unspecified atom stereocenters. The van der Waals surface area contributed by atoms with Crippen LogP contribution in [0.2, 0.25) is 10.0 Å². The van der Waals surface area contributed by atoms with Crippen LogP contribution in [0.3, 0.4) is 0 Å². The molecule has 0 radical (unpaired) electrons. The summed E-state index contributed by atoms with van der Waals surface area (Å²) in [5, 5.41) is 4.45. The van der Waals surface area contributed by atoms with E-state index < -0.39 is 0 Å². The van der Waals surface area contributed by atoms with Gasteiger partial charge in [0.25, 0.3) is 5.91 Å². The highest BCUT2D eigenvalue weighted by atomic mass is 35.5. The van der Waals surface area contributed by atoms with Gasteiger partial charge in [0.15, 0.2) is 0 Å². The average molecular weight is 350 g/mol. The first-order valence-electron chi connectivity index (χ1n) is 6.82. The molecule has 3 aromatic rings. The number of hydrogen-bond donors (Lipinski definition) is 2. The van der Waals surface area contributed by atoms with Crippen molar-refractivity contribution in [2.75, 3.05) is 7.11 Å². The Labute approximate surface area is 142 Å². The lowest BCUT2D eigenvalue weighted by Gasteiger charge is -2.05. The summed E-state index contributed by atoms with van der Waals surface area (Å²) in [5.74, 6) is 0.202. The van der Waals surface area contributed by atoms with E-state index >= 15 is 0 Å². The fourth-order valence-electron chi connectivity index (χ4n) is 2.23. The van der Waals surface area contributed by atoms with E-state index in [-0.39, 0.29) is 5.91 Å². The van der Waals surface area contributed by atoms with E-state index in [1.54, 1.807) is 43.6 Å². The number of ether oxygens (including phenoxy) is 1. The molecule has 3 rings (SSSR count). The zero-order valence-electron chi connectivity index (χ0n) is 12.2. The van der Waals surface area contributed by atoms with Gasteiger partial charge in [0, 0.05) is 34.7 Å². The maximum absolute atomic E-state index is 12.3. The Balaban J connectivity index is 1.79. The molecule has 2 heterocycles. The predicted molar refractivity (Wildman–Crippen MR) is 90.3 cm³/mol. The van der Waals surface area contributed by atoms with Crippen LogP contribution in [0.1, 0.15) is 16.1 Å². The third-order valence-electron chi connectivity index (χ3n) is 3.39. The molecule has 1 aromatic carbocycles. The fraction of sp³-hybridized carbons (Fsp3) is 0.125. The van der Waals surface area contributed by atoms with E-state index in [1.165, 1.54) is 0 Å². The summed E-state index contributed by atoms with van der Waals surface area (Å²) in [5.41, 5.74) is 1.94. The van der Waals surface area contributed by atoms with Crippen molar-refractivity contribution in [3.05, 3.63) is 57.8 Å². The molecule has 0 aliphatic carbocycles. The number of H-pyrrole nitrogens is 1. The lowest BCUT2D eigenvalue weighted by atomic mass is 10.2. The third kappa shape index (κ3) is 3.25. The Kier molecular flexibility index (Phi) is 4.41. The maximum Gasteiger partial charge on any atom is 0.269 e. The molecule has 2 aromatic heterocycles. The van der Waals surface area contributed by atoms with Crippen molar-refractivity contribution >= 4 is 40.0 Å². The number of benzene rings is 1. The smallest absolute Gasteiger partial charge is 0.269 e. The van der Waals surface area contributed by atoms with E-state index in [9.17, 15) is 4.79 Å². The van der Waals surface area contributed by atoms with Gasteiger partial charge in [-0.15, -0.1) is 0 Å². The molecule has 5 nitrogen and oxygen atoms in total. The minimum absolute atomic E-state index is 0.293. The monoisotopic (exact) mass is 349 g/mol. The lowest BCUT2D eigenvalue weighted by molar-refractivity contribution is 0.0947. The molecule has 1 amide bonds. The molecule has 118 valence electrons.